The Morgan fingerprint density at radius 2 is 1.88 bits per heavy atom. The number of amides is 2. The lowest BCUT2D eigenvalue weighted by atomic mass is 10.1. The molecule has 0 saturated heterocycles. The Morgan fingerprint density at radius 3 is 2.38 bits per heavy atom. The van der Waals surface area contributed by atoms with Gasteiger partial charge in [-0.3, -0.25) is 9.59 Å². The second kappa shape index (κ2) is 10.2. The Labute approximate surface area is 153 Å². The standard InChI is InChI=1S/C15H22ClN3O4.ClH/c1-18(2)14(20)9-19(5-6-22-3)15(21)10-7-11(16)12(17)8-13(10)23-4;/h7-8H,5-6,9,17H2,1-4H3;1H. The van der Waals surface area contributed by atoms with E-state index in [2.05, 4.69) is 0 Å². The maximum Gasteiger partial charge on any atom is 0.258 e. The number of hydrogen-bond donors (Lipinski definition) is 1. The quantitative estimate of drug-likeness (QED) is 0.726. The molecule has 0 heterocycles. The van der Waals surface area contributed by atoms with Crippen LogP contribution < -0.4 is 10.5 Å². The molecule has 1 rings (SSSR count). The van der Waals surface area contributed by atoms with Gasteiger partial charge in [-0.2, -0.15) is 0 Å². The van der Waals surface area contributed by atoms with Crippen molar-refractivity contribution in [1.29, 1.82) is 0 Å². The molecular formula is C15H23Cl2N3O4. The average molecular weight is 380 g/mol. The molecule has 2 amide bonds. The van der Waals surface area contributed by atoms with E-state index in [-0.39, 0.29) is 47.9 Å². The highest BCUT2D eigenvalue weighted by Crippen LogP contribution is 2.29. The first-order valence-corrected chi connectivity index (χ1v) is 7.31. The molecule has 1 aromatic rings. The molecule has 1 aromatic carbocycles. The fourth-order valence-corrected chi connectivity index (χ4v) is 2.00. The van der Waals surface area contributed by atoms with Crippen molar-refractivity contribution in [3.63, 3.8) is 0 Å². The zero-order valence-corrected chi connectivity index (χ0v) is 15.7. The number of anilines is 1. The van der Waals surface area contributed by atoms with E-state index in [1.807, 2.05) is 0 Å². The van der Waals surface area contributed by atoms with Gasteiger partial charge in [-0.1, -0.05) is 11.6 Å². The Morgan fingerprint density at radius 1 is 1.25 bits per heavy atom. The van der Waals surface area contributed by atoms with Gasteiger partial charge in [-0.15, -0.1) is 12.4 Å². The minimum Gasteiger partial charge on any atom is -0.496 e. The minimum atomic E-state index is -0.379. The lowest BCUT2D eigenvalue weighted by Crippen LogP contribution is -2.42. The van der Waals surface area contributed by atoms with Crippen molar-refractivity contribution in [1.82, 2.24) is 9.80 Å². The zero-order chi connectivity index (χ0) is 17.6. The van der Waals surface area contributed by atoms with Gasteiger partial charge in [-0.05, 0) is 6.07 Å². The second-order valence-corrected chi connectivity index (χ2v) is 5.49. The molecule has 0 aliphatic carbocycles. The number of nitrogen functional groups attached to an aromatic ring is 1. The number of hydrogen-bond acceptors (Lipinski definition) is 5. The van der Waals surface area contributed by atoms with Gasteiger partial charge in [0, 0.05) is 33.8 Å². The van der Waals surface area contributed by atoms with Crippen molar-refractivity contribution in [2.75, 3.05) is 53.7 Å². The van der Waals surface area contributed by atoms with Gasteiger partial charge in [0.25, 0.3) is 5.91 Å². The largest absolute Gasteiger partial charge is 0.496 e. The molecule has 9 heteroatoms. The summed E-state index contributed by atoms with van der Waals surface area (Å²) in [5.41, 5.74) is 6.28. The molecule has 0 unspecified atom stereocenters. The highest BCUT2D eigenvalue weighted by molar-refractivity contribution is 6.33. The molecule has 0 aliphatic rings. The van der Waals surface area contributed by atoms with Crippen molar-refractivity contribution in [3.05, 3.63) is 22.7 Å². The summed E-state index contributed by atoms with van der Waals surface area (Å²) in [6, 6.07) is 2.93. The van der Waals surface area contributed by atoms with Gasteiger partial charge in [0.1, 0.15) is 12.3 Å². The number of benzene rings is 1. The topological polar surface area (TPSA) is 85.1 Å². The zero-order valence-electron chi connectivity index (χ0n) is 14.2. The number of likely N-dealkylation sites (N-methyl/N-ethyl adjacent to an activating group) is 1. The van der Waals surface area contributed by atoms with Crippen molar-refractivity contribution in [3.8, 4) is 5.75 Å². The number of nitrogens with two attached hydrogens (primary N) is 1. The third-order valence-corrected chi connectivity index (χ3v) is 3.55. The fraction of sp³-hybridized carbons (Fsp3) is 0.467. The van der Waals surface area contributed by atoms with E-state index in [4.69, 9.17) is 26.8 Å². The fourth-order valence-electron chi connectivity index (χ4n) is 1.83. The third kappa shape index (κ3) is 5.74. The number of rotatable bonds is 7. The predicted octanol–water partition coefficient (Wildman–Crippen LogP) is 1.53. The first-order chi connectivity index (χ1) is 10.8. The van der Waals surface area contributed by atoms with Gasteiger partial charge in [0.2, 0.25) is 5.91 Å². The summed E-state index contributed by atoms with van der Waals surface area (Å²) in [5, 5.41) is 0.250. The van der Waals surface area contributed by atoms with Gasteiger partial charge in [-0.25, -0.2) is 0 Å². The Hall–Kier alpha value is -1.70. The number of nitrogens with zero attached hydrogens (tertiary/aromatic N) is 2. The molecule has 0 saturated carbocycles. The molecular weight excluding hydrogens is 357 g/mol. The first-order valence-electron chi connectivity index (χ1n) is 6.93. The Kier molecular flexibility index (Phi) is 9.50. The highest BCUT2D eigenvalue weighted by atomic mass is 35.5. The van der Waals surface area contributed by atoms with E-state index in [0.717, 1.165) is 0 Å². The molecule has 0 atom stereocenters. The molecule has 136 valence electrons. The predicted molar refractivity (Wildman–Crippen MR) is 96.1 cm³/mol. The van der Waals surface area contributed by atoms with Crippen LogP contribution in [0.15, 0.2) is 12.1 Å². The third-order valence-electron chi connectivity index (χ3n) is 3.23. The molecule has 7 nitrogen and oxygen atoms in total. The summed E-state index contributed by atoms with van der Waals surface area (Å²) >= 11 is 6.00. The molecule has 0 bridgehead atoms. The highest BCUT2D eigenvalue weighted by Gasteiger charge is 2.23. The van der Waals surface area contributed by atoms with E-state index >= 15 is 0 Å². The Bertz CT molecular complexity index is 582. The molecule has 0 fully saturated rings. The smallest absolute Gasteiger partial charge is 0.258 e. The van der Waals surface area contributed by atoms with Crippen LogP contribution in [0.4, 0.5) is 5.69 Å². The lowest BCUT2D eigenvalue weighted by molar-refractivity contribution is -0.129. The average Bonchev–Trinajstić information content (AvgIpc) is 2.52. The minimum absolute atomic E-state index is 0. The molecule has 24 heavy (non-hydrogen) atoms. The number of carbonyl (C=O) groups is 2. The summed E-state index contributed by atoms with van der Waals surface area (Å²) in [6.45, 7) is 0.498. The van der Waals surface area contributed by atoms with Gasteiger partial charge >= 0.3 is 0 Å². The van der Waals surface area contributed by atoms with Crippen LogP contribution in [0, 0.1) is 0 Å². The summed E-state index contributed by atoms with van der Waals surface area (Å²) in [5.74, 6) is -0.275. The second-order valence-electron chi connectivity index (χ2n) is 5.08. The van der Waals surface area contributed by atoms with Gasteiger partial charge < -0.3 is 25.0 Å². The van der Waals surface area contributed by atoms with Crippen molar-refractivity contribution < 1.29 is 19.1 Å². The van der Waals surface area contributed by atoms with Crippen LogP contribution in [0.2, 0.25) is 5.02 Å². The van der Waals surface area contributed by atoms with Gasteiger partial charge in [0.05, 0.1) is 30.0 Å². The van der Waals surface area contributed by atoms with Crippen LogP contribution in [0.3, 0.4) is 0 Å². The van der Waals surface area contributed by atoms with E-state index in [0.29, 0.717) is 18.0 Å². The summed E-state index contributed by atoms with van der Waals surface area (Å²) < 4.78 is 10.2. The number of methoxy groups -OCH3 is 2. The molecule has 0 aromatic heterocycles. The molecule has 0 aliphatic heterocycles. The number of halogens is 2. The number of carbonyl (C=O) groups excluding carboxylic acids is 2. The lowest BCUT2D eigenvalue weighted by Gasteiger charge is -2.24. The maximum absolute atomic E-state index is 12.8. The normalized spacial score (nSPS) is 9.88. The van der Waals surface area contributed by atoms with E-state index in [9.17, 15) is 9.59 Å². The van der Waals surface area contributed by atoms with Crippen molar-refractivity contribution in [2.45, 2.75) is 0 Å². The molecule has 0 spiro atoms. The molecule has 2 N–H and O–H groups in total. The summed E-state index contributed by atoms with van der Waals surface area (Å²) in [6.07, 6.45) is 0. The summed E-state index contributed by atoms with van der Waals surface area (Å²) in [4.78, 5) is 27.5. The van der Waals surface area contributed by atoms with Crippen LogP contribution in [-0.2, 0) is 9.53 Å². The van der Waals surface area contributed by atoms with Crippen LogP contribution in [-0.4, -0.2) is 69.6 Å². The SMILES string of the molecule is COCCN(CC(=O)N(C)C)C(=O)c1cc(Cl)c(N)cc1OC.Cl. The van der Waals surface area contributed by atoms with E-state index < -0.39 is 0 Å². The van der Waals surface area contributed by atoms with Gasteiger partial charge in [0.15, 0.2) is 0 Å². The van der Waals surface area contributed by atoms with E-state index in [1.165, 1.54) is 36.2 Å². The summed E-state index contributed by atoms with van der Waals surface area (Å²) in [7, 11) is 6.21. The van der Waals surface area contributed by atoms with E-state index in [1.54, 1.807) is 14.1 Å². The van der Waals surface area contributed by atoms with Crippen LogP contribution >= 0.6 is 24.0 Å². The first kappa shape index (κ1) is 22.3. The molecule has 0 radical (unpaired) electrons. The van der Waals surface area contributed by atoms with Crippen LogP contribution in [0.25, 0.3) is 0 Å². The maximum atomic E-state index is 12.8. The van der Waals surface area contributed by atoms with Crippen LogP contribution in [0.1, 0.15) is 10.4 Å². The van der Waals surface area contributed by atoms with Crippen LogP contribution in [0.5, 0.6) is 5.75 Å². The monoisotopic (exact) mass is 379 g/mol. The number of ether oxygens (including phenoxy) is 2. The van der Waals surface area contributed by atoms with Crippen molar-refractivity contribution in [2.24, 2.45) is 0 Å². The van der Waals surface area contributed by atoms with Crippen molar-refractivity contribution >= 4 is 41.5 Å². The Balaban J connectivity index is 0.00000529.